The number of benzene rings is 4. The van der Waals surface area contributed by atoms with E-state index in [0.717, 1.165) is 98.8 Å². The summed E-state index contributed by atoms with van der Waals surface area (Å²) in [4.78, 5) is 46.6. The molecule has 12 heteroatoms. The van der Waals surface area contributed by atoms with Crippen LogP contribution in [-0.2, 0) is 22.6 Å². The Bertz CT molecular complexity index is 2310. The first-order valence-electron chi connectivity index (χ1n) is 21.2. The molecule has 0 unspecified atom stereocenters. The lowest BCUT2D eigenvalue weighted by atomic mass is 9.69. The maximum Gasteiger partial charge on any atom is 0.255 e. The number of carbonyl (C=O) groups is 3. The molecular formula is C47H50FN5O6. The Morgan fingerprint density at radius 3 is 2.49 bits per heavy atom. The zero-order valence-electron chi connectivity index (χ0n) is 33.4. The van der Waals surface area contributed by atoms with Crippen molar-refractivity contribution in [1.29, 1.82) is 0 Å². The summed E-state index contributed by atoms with van der Waals surface area (Å²) in [5, 5.41) is 12.7. The van der Waals surface area contributed by atoms with E-state index in [1.54, 1.807) is 24.1 Å². The topological polar surface area (TPSA) is 115 Å². The first-order valence-corrected chi connectivity index (χ1v) is 21.2. The zero-order valence-corrected chi connectivity index (χ0v) is 33.4. The standard InChI is InChI=1S/C47H50FN5O6/c1-58-42-22-36(44-33(29-5-3-2-4-6-29)9-7-30-21-32(54)8-10-34(30)44)38(48)23-41(42)51-17-15-28(16-18-51)24-50-19-20-52-31(25-50)27-59-45-37-26-53(40-13-14-43(55)49-46(40)56)47(57)35(37)11-12-39(45)52/h2-6,8,10-12,21-23,28,31,33,40,44,54H,7,9,13-20,24-27H2,1H3,(H,49,55,56)/t31-,33-,40+,44+/m1/s1. The fourth-order valence-electron chi connectivity index (χ4n) is 10.9. The Hall–Kier alpha value is -5.62. The van der Waals surface area contributed by atoms with Gasteiger partial charge in [-0.05, 0) is 96.5 Å². The number of hydrogen-bond acceptors (Lipinski definition) is 9. The van der Waals surface area contributed by atoms with Gasteiger partial charge in [-0.15, -0.1) is 0 Å². The SMILES string of the molecule is COc1cc([C@@H]2c3ccc(O)cc3CC[C@@H]2c2ccccc2)c(F)cc1N1CCC(CN2CCN3c4ccc5c(c4OC[C@H]3C2)CN([C@H]2CCC(=O)NC2=O)C5=O)CC1. The highest BCUT2D eigenvalue weighted by Gasteiger charge is 2.43. The molecule has 59 heavy (non-hydrogen) atoms. The van der Waals surface area contributed by atoms with Gasteiger partial charge in [0.2, 0.25) is 11.8 Å². The number of anilines is 2. The first kappa shape index (κ1) is 37.6. The maximum atomic E-state index is 16.6. The van der Waals surface area contributed by atoms with Crippen LogP contribution >= 0.6 is 0 Å². The van der Waals surface area contributed by atoms with Crippen LogP contribution in [0.1, 0.15) is 82.1 Å². The Kier molecular flexibility index (Phi) is 9.70. The van der Waals surface area contributed by atoms with Crippen molar-refractivity contribution in [3.63, 3.8) is 0 Å². The molecule has 4 atom stereocenters. The number of methoxy groups -OCH3 is 1. The minimum absolute atomic E-state index is 0.0926. The number of ether oxygens (including phenoxy) is 2. The lowest BCUT2D eigenvalue weighted by molar-refractivity contribution is -0.136. The molecule has 1 aliphatic carbocycles. The normalized spacial score (nSPS) is 24.5. The Labute approximate surface area is 343 Å². The van der Waals surface area contributed by atoms with Gasteiger partial charge in [0.05, 0.1) is 31.1 Å². The van der Waals surface area contributed by atoms with Crippen LogP contribution in [0.25, 0.3) is 0 Å². The van der Waals surface area contributed by atoms with Gasteiger partial charge in [-0.25, -0.2) is 4.39 Å². The molecule has 4 aromatic rings. The van der Waals surface area contributed by atoms with Crippen LogP contribution in [0.5, 0.6) is 17.2 Å². The predicted octanol–water partition coefficient (Wildman–Crippen LogP) is 5.96. The van der Waals surface area contributed by atoms with E-state index in [0.29, 0.717) is 42.4 Å². The average Bonchev–Trinajstić information content (AvgIpc) is 3.59. The number of amides is 3. The monoisotopic (exact) mass is 799 g/mol. The minimum atomic E-state index is -0.658. The van der Waals surface area contributed by atoms with Crippen molar-refractivity contribution in [1.82, 2.24) is 15.1 Å². The second-order valence-corrected chi connectivity index (χ2v) is 17.2. The fraction of sp³-hybridized carbons (Fsp3) is 0.426. The number of phenolic OH excluding ortho intramolecular Hbond substituents is 1. The third-order valence-corrected chi connectivity index (χ3v) is 13.9. The van der Waals surface area contributed by atoms with Crippen molar-refractivity contribution in [2.24, 2.45) is 5.92 Å². The molecule has 0 saturated carbocycles. The molecule has 2 N–H and O–H groups in total. The first-order chi connectivity index (χ1) is 28.7. The number of halogens is 1. The third-order valence-electron chi connectivity index (χ3n) is 13.9. The number of piperazine rings is 1. The minimum Gasteiger partial charge on any atom is -0.508 e. The van der Waals surface area contributed by atoms with Gasteiger partial charge >= 0.3 is 0 Å². The predicted molar refractivity (Wildman–Crippen MR) is 221 cm³/mol. The highest BCUT2D eigenvalue weighted by Crippen LogP contribution is 2.50. The lowest BCUT2D eigenvalue weighted by Gasteiger charge is -2.47. The summed E-state index contributed by atoms with van der Waals surface area (Å²) < 4.78 is 29.0. The zero-order chi connectivity index (χ0) is 40.4. The molecule has 3 amide bonds. The largest absolute Gasteiger partial charge is 0.508 e. The van der Waals surface area contributed by atoms with Crippen LogP contribution in [0.2, 0.25) is 0 Å². The maximum absolute atomic E-state index is 16.6. The molecule has 3 saturated heterocycles. The lowest BCUT2D eigenvalue weighted by Crippen LogP contribution is -2.58. The van der Waals surface area contributed by atoms with Crippen LogP contribution in [0.4, 0.5) is 15.8 Å². The van der Waals surface area contributed by atoms with Crippen molar-refractivity contribution < 1.29 is 33.4 Å². The van der Waals surface area contributed by atoms with E-state index in [1.807, 2.05) is 48.5 Å². The molecule has 5 aliphatic heterocycles. The van der Waals surface area contributed by atoms with Crippen LogP contribution in [0, 0.1) is 11.7 Å². The number of phenols is 1. The molecule has 4 aromatic carbocycles. The summed E-state index contributed by atoms with van der Waals surface area (Å²) in [7, 11) is 1.67. The van der Waals surface area contributed by atoms with E-state index in [1.165, 1.54) is 5.56 Å². The molecular weight excluding hydrogens is 750 g/mol. The Morgan fingerprint density at radius 1 is 0.864 bits per heavy atom. The van der Waals surface area contributed by atoms with Crippen molar-refractivity contribution in [3.8, 4) is 17.2 Å². The third kappa shape index (κ3) is 6.75. The molecule has 5 heterocycles. The molecule has 0 radical (unpaired) electrons. The van der Waals surface area contributed by atoms with Crippen molar-refractivity contribution in [3.05, 3.63) is 112 Å². The number of aromatic hydroxyl groups is 1. The Morgan fingerprint density at radius 2 is 1.69 bits per heavy atom. The smallest absolute Gasteiger partial charge is 0.255 e. The summed E-state index contributed by atoms with van der Waals surface area (Å²) in [5.41, 5.74) is 7.13. The quantitative estimate of drug-likeness (QED) is 0.219. The molecule has 3 fully saturated rings. The summed E-state index contributed by atoms with van der Waals surface area (Å²) in [6, 6.07) is 22.9. The molecule has 306 valence electrons. The van der Waals surface area contributed by atoms with E-state index in [9.17, 15) is 19.5 Å². The summed E-state index contributed by atoms with van der Waals surface area (Å²) in [5.74, 6) is 0.925. The van der Waals surface area contributed by atoms with Crippen molar-refractivity contribution in [2.45, 2.75) is 69.0 Å². The number of imide groups is 1. The second kappa shape index (κ2) is 15.2. The van der Waals surface area contributed by atoms with Gasteiger partial charge in [0.15, 0.2) is 0 Å². The number of rotatable bonds is 7. The van der Waals surface area contributed by atoms with E-state index >= 15 is 4.39 Å². The molecule has 10 rings (SSSR count). The van der Waals surface area contributed by atoms with Gasteiger partial charge in [0, 0.05) is 68.8 Å². The van der Waals surface area contributed by atoms with Crippen molar-refractivity contribution >= 4 is 29.1 Å². The highest BCUT2D eigenvalue weighted by molar-refractivity contribution is 6.06. The summed E-state index contributed by atoms with van der Waals surface area (Å²) in [6.07, 6.45) is 4.22. The van der Waals surface area contributed by atoms with E-state index < -0.39 is 11.9 Å². The molecule has 0 bridgehead atoms. The summed E-state index contributed by atoms with van der Waals surface area (Å²) in [6.45, 7) is 6.10. The van der Waals surface area contributed by atoms with E-state index in [-0.39, 0.29) is 47.7 Å². The summed E-state index contributed by atoms with van der Waals surface area (Å²) >= 11 is 0. The van der Waals surface area contributed by atoms with E-state index in [2.05, 4.69) is 32.1 Å². The number of aryl methyl sites for hydroxylation is 1. The van der Waals surface area contributed by atoms with Crippen LogP contribution in [0.3, 0.4) is 0 Å². The van der Waals surface area contributed by atoms with Crippen LogP contribution < -0.4 is 24.6 Å². The average molecular weight is 800 g/mol. The highest BCUT2D eigenvalue weighted by atomic mass is 19.1. The van der Waals surface area contributed by atoms with Crippen LogP contribution in [-0.4, -0.2) is 97.7 Å². The number of nitrogens with zero attached hydrogens (tertiary/aromatic N) is 4. The van der Waals surface area contributed by atoms with Crippen LogP contribution in [0.15, 0.2) is 72.8 Å². The number of nitrogens with one attached hydrogen (secondary N) is 1. The molecule has 0 spiro atoms. The fourth-order valence-corrected chi connectivity index (χ4v) is 10.9. The number of carbonyl (C=O) groups excluding carboxylic acids is 3. The number of hydrogen-bond donors (Lipinski definition) is 2. The molecule has 6 aliphatic rings. The number of piperidine rings is 2. The van der Waals surface area contributed by atoms with Crippen molar-refractivity contribution in [2.75, 3.05) is 62.8 Å². The van der Waals surface area contributed by atoms with E-state index in [4.69, 9.17) is 9.47 Å². The van der Waals surface area contributed by atoms with Gasteiger partial charge < -0.3 is 29.3 Å². The number of fused-ring (bicyclic) bond motifs is 6. The van der Waals surface area contributed by atoms with Gasteiger partial charge in [-0.3, -0.25) is 24.6 Å². The molecule has 11 nitrogen and oxygen atoms in total. The molecule has 0 aromatic heterocycles. The van der Waals surface area contributed by atoms with Gasteiger partial charge in [0.25, 0.3) is 5.91 Å². The van der Waals surface area contributed by atoms with Gasteiger partial charge in [-0.1, -0.05) is 36.4 Å². The second-order valence-electron chi connectivity index (χ2n) is 17.2. The van der Waals surface area contributed by atoms with Gasteiger partial charge in [0.1, 0.15) is 35.7 Å². The Balaban J connectivity index is 0.793. The van der Waals surface area contributed by atoms with Gasteiger partial charge in [-0.2, -0.15) is 0 Å².